The van der Waals surface area contributed by atoms with Crippen molar-refractivity contribution in [2.45, 2.75) is 115 Å². The first kappa shape index (κ1) is 21.2. The van der Waals surface area contributed by atoms with E-state index >= 15 is 0 Å². The van der Waals surface area contributed by atoms with E-state index in [0.717, 1.165) is 51.5 Å². The molecule has 4 heteroatoms. The number of fused-ring (bicyclic) bond motifs is 5. The van der Waals surface area contributed by atoms with Crippen LogP contribution in [0.2, 0.25) is 0 Å². The molecule has 4 nitrogen and oxygen atoms in total. The highest BCUT2D eigenvalue weighted by atomic mass is 16.3. The second-order valence-electron chi connectivity index (χ2n) is 12.0. The molecule has 4 saturated carbocycles. The lowest BCUT2D eigenvalue weighted by Gasteiger charge is -2.65. The third-order valence-corrected chi connectivity index (χ3v) is 10.8. The largest absolute Gasteiger partial charge is 0.390 e. The second-order valence-corrected chi connectivity index (χ2v) is 12.0. The van der Waals surface area contributed by atoms with Crippen molar-refractivity contribution in [1.82, 2.24) is 4.90 Å². The molecule has 8 atom stereocenters. The second kappa shape index (κ2) is 7.76. The van der Waals surface area contributed by atoms with Gasteiger partial charge in [0.05, 0.1) is 12.2 Å². The average Bonchev–Trinajstić information content (AvgIpc) is 2.76. The topological polar surface area (TPSA) is 60.8 Å². The lowest BCUT2D eigenvalue weighted by atomic mass is 9.44. The van der Waals surface area contributed by atoms with Gasteiger partial charge in [-0.2, -0.15) is 0 Å². The van der Waals surface area contributed by atoms with Gasteiger partial charge in [0.25, 0.3) is 0 Å². The summed E-state index contributed by atoms with van der Waals surface area (Å²) >= 11 is 0. The highest BCUT2D eigenvalue weighted by Crippen LogP contribution is 2.63. The van der Waals surface area contributed by atoms with Crippen molar-refractivity contribution in [1.29, 1.82) is 0 Å². The zero-order valence-corrected chi connectivity index (χ0v) is 19.2. The third-order valence-electron chi connectivity index (χ3n) is 10.8. The number of likely N-dealkylation sites (tertiary alicyclic amines) is 1. The number of aliphatic hydroxyl groups excluding tert-OH is 2. The number of nitrogens with zero attached hydrogens (tertiary/aromatic N) is 1. The number of carbonyl (C=O) groups is 1. The van der Waals surface area contributed by atoms with E-state index in [2.05, 4.69) is 18.7 Å². The monoisotopic (exact) mass is 417 g/mol. The van der Waals surface area contributed by atoms with Crippen molar-refractivity contribution in [2.24, 2.45) is 35.0 Å². The molecule has 1 heterocycles. The molecule has 4 aliphatic carbocycles. The molecule has 2 N–H and O–H groups in total. The quantitative estimate of drug-likeness (QED) is 0.659. The molecule has 5 fully saturated rings. The number of rotatable bonds is 1. The lowest BCUT2D eigenvalue weighted by Crippen LogP contribution is -2.66. The van der Waals surface area contributed by atoms with E-state index in [1.165, 1.54) is 38.5 Å². The van der Waals surface area contributed by atoms with Crippen LogP contribution >= 0.6 is 0 Å². The van der Waals surface area contributed by atoms with Crippen LogP contribution in [0.15, 0.2) is 0 Å². The highest BCUT2D eigenvalue weighted by molar-refractivity contribution is 5.80. The normalized spacial score (nSPS) is 49.7. The Balaban J connectivity index is 1.39. The van der Waals surface area contributed by atoms with Gasteiger partial charge >= 0.3 is 0 Å². The van der Waals surface area contributed by atoms with Crippen molar-refractivity contribution in [2.75, 3.05) is 6.54 Å². The zero-order chi connectivity index (χ0) is 21.1. The summed E-state index contributed by atoms with van der Waals surface area (Å²) in [6.45, 7) is 5.80. The van der Waals surface area contributed by atoms with Crippen LogP contribution in [0.3, 0.4) is 0 Å². The van der Waals surface area contributed by atoms with Gasteiger partial charge in [0.2, 0.25) is 5.91 Å². The molecule has 0 radical (unpaired) electrons. The molecule has 0 aromatic heterocycles. The van der Waals surface area contributed by atoms with E-state index in [-0.39, 0.29) is 22.8 Å². The van der Waals surface area contributed by atoms with Crippen LogP contribution in [-0.4, -0.2) is 45.3 Å². The minimum atomic E-state index is -0.547. The molecule has 0 bridgehead atoms. The molecule has 0 spiro atoms. The SMILES string of the molecule is CC12CC[C@H](O)[C@H](O)C1CC[C@@H]1[C@@H]2CC[C@@]2(C)[C@H]1CCCN2C(=O)C1CCCCC1. The summed E-state index contributed by atoms with van der Waals surface area (Å²) in [4.78, 5) is 16.0. The van der Waals surface area contributed by atoms with Gasteiger partial charge in [0, 0.05) is 18.0 Å². The fourth-order valence-electron chi connectivity index (χ4n) is 9.13. The lowest BCUT2D eigenvalue weighted by molar-refractivity contribution is -0.189. The van der Waals surface area contributed by atoms with Gasteiger partial charge in [-0.3, -0.25) is 4.79 Å². The van der Waals surface area contributed by atoms with Gasteiger partial charge in [-0.1, -0.05) is 26.2 Å². The highest BCUT2D eigenvalue weighted by Gasteiger charge is 2.61. The Bertz CT molecular complexity index is 661. The van der Waals surface area contributed by atoms with Crippen LogP contribution < -0.4 is 0 Å². The van der Waals surface area contributed by atoms with Crippen LogP contribution in [0.5, 0.6) is 0 Å². The number of piperidine rings is 1. The molecule has 2 unspecified atom stereocenters. The Kier molecular flexibility index (Phi) is 5.50. The Hall–Kier alpha value is -0.610. The standard InChI is InChI=1S/C26H43NO3/c1-25-14-13-22(28)23(29)21(25)11-10-18-19(25)12-15-26(2)20(18)9-6-16-27(26)24(30)17-7-4-3-5-8-17/h17-23,28-29H,3-16H2,1-2H3/t18-,19+,20+,21?,22+,23-,25?,26+/m1/s1. The molecule has 170 valence electrons. The molecule has 1 saturated heterocycles. The molecule has 1 amide bonds. The van der Waals surface area contributed by atoms with Crippen LogP contribution in [0.25, 0.3) is 0 Å². The van der Waals surface area contributed by atoms with Crippen molar-refractivity contribution in [3.05, 3.63) is 0 Å². The van der Waals surface area contributed by atoms with Crippen molar-refractivity contribution < 1.29 is 15.0 Å². The molecular formula is C26H43NO3. The maximum Gasteiger partial charge on any atom is 0.226 e. The van der Waals surface area contributed by atoms with Crippen LogP contribution in [0.1, 0.15) is 97.3 Å². The van der Waals surface area contributed by atoms with Crippen molar-refractivity contribution >= 4 is 5.91 Å². The van der Waals surface area contributed by atoms with Crippen LogP contribution in [-0.2, 0) is 4.79 Å². The molecular weight excluding hydrogens is 374 g/mol. The Labute approximate surface area is 182 Å². The summed E-state index contributed by atoms with van der Waals surface area (Å²) < 4.78 is 0. The summed E-state index contributed by atoms with van der Waals surface area (Å²) in [6.07, 6.45) is 13.6. The predicted octanol–water partition coefficient (Wildman–Crippen LogP) is 4.52. The Morgan fingerprint density at radius 3 is 2.33 bits per heavy atom. The number of amides is 1. The van der Waals surface area contributed by atoms with E-state index in [0.29, 0.717) is 23.7 Å². The number of hydrogen-bond acceptors (Lipinski definition) is 3. The minimum Gasteiger partial charge on any atom is -0.390 e. The first-order chi connectivity index (χ1) is 14.4. The van der Waals surface area contributed by atoms with Crippen LogP contribution in [0, 0.1) is 35.0 Å². The smallest absolute Gasteiger partial charge is 0.226 e. The fraction of sp³-hybridized carbons (Fsp3) is 0.962. The van der Waals surface area contributed by atoms with Gasteiger partial charge in [-0.05, 0) is 100 Å². The van der Waals surface area contributed by atoms with E-state index in [4.69, 9.17) is 0 Å². The molecule has 30 heavy (non-hydrogen) atoms. The number of hydrogen-bond donors (Lipinski definition) is 2. The third kappa shape index (κ3) is 3.10. The van der Waals surface area contributed by atoms with Crippen LogP contribution in [0.4, 0.5) is 0 Å². The first-order valence-corrected chi connectivity index (χ1v) is 13.0. The zero-order valence-electron chi connectivity index (χ0n) is 19.2. The number of aliphatic hydroxyl groups is 2. The van der Waals surface area contributed by atoms with Gasteiger partial charge in [-0.25, -0.2) is 0 Å². The summed E-state index contributed by atoms with van der Waals surface area (Å²) in [6, 6.07) is 0. The summed E-state index contributed by atoms with van der Waals surface area (Å²) in [7, 11) is 0. The summed E-state index contributed by atoms with van der Waals surface area (Å²) in [5, 5.41) is 21.0. The molecule has 5 rings (SSSR count). The van der Waals surface area contributed by atoms with E-state index in [9.17, 15) is 15.0 Å². The van der Waals surface area contributed by atoms with Gasteiger partial charge < -0.3 is 15.1 Å². The van der Waals surface area contributed by atoms with Gasteiger partial charge in [-0.15, -0.1) is 0 Å². The molecule has 0 aromatic carbocycles. The van der Waals surface area contributed by atoms with E-state index in [1.54, 1.807) is 0 Å². The predicted molar refractivity (Wildman–Crippen MR) is 118 cm³/mol. The Morgan fingerprint density at radius 2 is 1.57 bits per heavy atom. The summed E-state index contributed by atoms with van der Waals surface area (Å²) in [5.41, 5.74) is 0.183. The van der Waals surface area contributed by atoms with Crippen molar-refractivity contribution in [3.63, 3.8) is 0 Å². The maximum absolute atomic E-state index is 13.6. The maximum atomic E-state index is 13.6. The van der Waals surface area contributed by atoms with Gasteiger partial charge in [0.1, 0.15) is 0 Å². The molecule has 1 aliphatic heterocycles. The molecule has 0 aromatic rings. The fourth-order valence-corrected chi connectivity index (χ4v) is 9.13. The Morgan fingerprint density at radius 1 is 0.800 bits per heavy atom. The van der Waals surface area contributed by atoms with E-state index < -0.39 is 12.2 Å². The number of carbonyl (C=O) groups excluding carboxylic acids is 1. The first-order valence-electron chi connectivity index (χ1n) is 13.0. The van der Waals surface area contributed by atoms with Crippen molar-refractivity contribution in [3.8, 4) is 0 Å². The average molecular weight is 418 g/mol. The molecule has 5 aliphatic rings. The van der Waals surface area contributed by atoms with Gasteiger partial charge in [0.15, 0.2) is 0 Å². The minimum absolute atomic E-state index is 0.0317. The van der Waals surface area contributed by atoms with E-state index in [1.807, 2.05) is 0 Å². The summed E-state index contributed by atoms with van der Waals surface area (Å²) in [5.74, 6) is 2.91.